The number of hydrogen-bond acceptors (Lipinski definition) is 3. The summed E-state index contributed by atoms with van der Waals surface area (Å²) in [6.07, 6.45) is 1.58. The normalized spacial score (nSPS) is 17.6. The number of rotatable bonds is 6. The summed E-state index contributed by atoms with van der Waals surface area (Å²) in [6, 6.07) is 17.2. The van der Waals surface area contributed by atoms with Gasteiger partial charge in [-0.2, -0.15) is 0 Å². The van der Waals surface area contributed by atoms with Crippen LogP contribution in [-0.2, 0) is 16.0 Å². The number of amides is 2. The van der Waals surface area contributed by atoms with Crippen LogP contribution < -0.4 is 5.32 Å². The fraction of sp³-hybridized carbons (Fsp3) is 0.318. The zero-order valence-corrected chi connectivity index (χ0v) is 15.6. The molecule has 1 aliphatic heterocycles. The maximum Gasteiger partial charge on any atom is 0.326 e. The van der Waals surface area contributed by atoms with Crippen LogP contribution in [0.25, 0.3) is 0 Å². The Morgan fingerprint density at radius 1 is 1.04 bits per heavy atom. The zero-order valence-electron chi connectivity index (χ0n) is 15.6. The average Bonchev–Trinajstić information content (AvgIpc) is 2.74. The molecule has 2 aromatic carbocycles. The Hall–Kier alpha value is -3.15. The van der Waals surface area contributed by atoms with Gasteiger partial charge >= 0.3 is 5.97 Å². The van der Waals surface area contributed by atoms with E-state index in [0.29, 0.717) is 31.5 Å². The second kappa shape index (κ2) is 9.17. The molecule has 2 N–H and O–H groups in total. The molecule has 2 atom stereocenters. The lowest BCUT2D eigenvalue weighted by Gasteiger charge is -2.32. The summed E-state index contributed by atoms with van der Waals surface area (Å²) in [7, 11) is 0. The molecule has 0 spiro atoms. The Morgan fingerprint density at radius 3 is 2.32 bits per heavy atom. The van der Waals surface area contributed by atoms with Crippen molar-refractivity contribution in [2.24, 2.45) is 5.92 Å². The Balaban J connectivity index is 1.62. The number of likely N-dealkylation sites (tertiary alicyclic amines) is 1. The van der Waals surface area contributed by atoms with Crippen LogP contribution in [-0.4, -0.2) is 46.9 Å². The van der Waals surface area contributed by atoms with Gasteiger partial charge in [-0.25, -0.2) is 4.79 Å². The van der Waals surface area contributed by atoms with Gasteiger partial charge in [0.25, 0.3) is 5.91 Å². The van der Waals surface area contributed by atoms with E-state index in [1.807, 2.05) is 48.5 Å². The summed E-state index contributed by atoms with van der Waals surface area (Å²) in [5, 5.41) is 12.1. The lowest BCUT2D eigenvalue weighted by atomic mass is 9.95. The first-order valence-electron chi connectivity index (χ1n) is 9.46. The molecular weight excluding hydrogens is 356 g/mol. The van der Waals surface area contributed by atoms with Crippen LogP contribution in [0.1, 0.15) is 28.8 Å². The summed E-state index contributed by atoms with van der Waals surface area (Å²) in [5.74, 6) is -1.88. The van der Waals surface area contributed by atoms with Crippen molar-refractivity contribution in [3.8, 4) is 0 Å². The van der Waals surface area contributed by atoms with Crippen molar-refractivity contribution in [2.45, 2.75) is 25.3 Å². The van der Waals surface area contributed by atoms with Crippen molar-refractivity contribution >= 4 is 17.8 Å². The fourth-order valence-corrected chi connectivity index (χ4v) is 3.48. The number of carbonyl (C=O) groups is 3. The van der Waals surface area contributed by atoms with E-state index in [9.17, 15) is 19.5 Å². The summed E-state index contributed by atoms with van der Waals surface area (Å²) in [4.78, 5) is 38.6. The summed E-state index contributed by atoms with van der Waals surface area (Å²) in [5.41, 5.74) is 1.44. The second-order valence-corrected chi connectivity index (χ2v) is 7.05. The zero-order chi connectivity index (χ0) is 19.9. The number of carbonyl (C=O) groups excluding carboxylic acids is 2. The highest BCUT2D eigenvalue weighted by Crippen LogP contribution is 2.19. The van der Waals surface area contributed by atoms with E-state index in [4.69, 9.17) is 0 Å². The van der Waals surface area contributed by atoms with E-state index < -0.39 is 17.9 Å². The Bertz CT molecular complexity index is 823. The number of nitrogens with zero attached hydrogens (tertiary/aromatic N) is 1. The van der Waals surface area contributed by atoms with E-state index in [1.165, 1.54) is 0 Å². The van der Waals surface area contributed by atoms with Crippen LogP contribution in [0.15, 0.2) is 60.7 Å². The second-order valence-electron chi connectivity index (χ2n) is 7.05. The van der Waals surface area contributed by atoms with E-state index >= 15 is 0 Å². The number of carboxylic acids is 1. The van der Waals surface area contributed by atoms with E-state index in [0.717, 1.165) is 5.56 Å². The highest BCUT2D eigenvalue weighted by Gasteiger charge is 2.31. The maximum absolute atomic E-state index is 12.7. The van der Waals surface area contributed by atoms with Crippen molar-refractivity contribution in [1.82, 2.24) is 10.2 Å². The summed E-state index contributed by atoms with van der Waals surface area (Å²) >= 11 is 0. The van der Waals surface area contributed by atoms with Crippen molar-refractivity contribution in [3.05, 3.63) is 71.8 Å². The molecule has 2 amide bonds. The van der Waals surface area contributed by atoms with Gasteiger partial charge in [-0.15, -0.1) is 0 Å². The van der Waals surface area contributed by atoms with Crippen molar-refractivity contribution < 1.29 is 19.5 Å². The van der Waals surface area contributed by atoms with Crippen molar-refractivity contribution in [1.29, 1.82) is 0 Å². The van der Waals surface area contributed by atoms with E-state index in [2.05, 4.69) is 5.32 Å². The smallest absolute Gasteiger partial charge is 0.326 e. The number of nitrogens with one attached hydrogen (secondary N) is 1. The number of benzene rings is 2. The number of aliphatic carboxylic acids is 1. The van der Waals surface area contributed by atoms with Crippen molar-refractivity contribution in [3.63, 3.8) is 0 Å². The topological polar surface area (TPSA) is 86.7 Å². The average molecular weight is 380 g/mol. The molecule has 0 aromatic heterocycles. The van der Waals surface area contributed by atoms with Crippen LogP contribution in [0.4, 0.5) is 0 Å². The number of piperidine rings is 1. The molecule has 146 valence electrons. The monoisotopic (exact) mass is 380 g/mol. The molecule has 0 radical (unpaired) electrons. The minimum Gasteiger partial charge on any atom is -0.480 e. The molecule has 1 saturated heterocycles. The van der Waals surface area contributed by atoms with Gasteiger partial charge in [0.15, 0.2) is 0 Å². The predicted molar refractivity (Wildman–Crippen MR) is 105 cm³/mol. The molecule has 6 nitrogen and oxygen atoms in total. The highest BCUT2D eigenvalue weighted by molar-refractivity contribution is 5.94. The van der Waals surface area contributed by atoms with Crippen LogP contribution in [0, 0.1) is 5.92 Å². The molecule has 2 unspecified atom stereocenters. The van der Waals surface area contributed by atoms with Gasteiger partial charge in [0.05, 0.1) is 5.92 Å². The fourth-order valence-electron chi connectivity index (χ4n) is 3.48. The first-order valence-corrected chi connectivity index (χ1v) is 9.46. The molecule has 2 aromatic rings. The van der Waals surface area contributed by atoms with Crippen LogP contribution in [0.2, 0.25) is 0 Å². The SMILES string of the molecule is O=C(NC(Cc1ccccc1)C(=O)O)C1CCCN(C(=O)c2ccccc2)C1. The predicted octanol–water partition coefficient (Wildman–Crippen LogP) is 2.35. The number of hydrogen-bond donors (Lipinski definition) is 2. The van der Waals surface area contributed by atoms with Crippen LogP contribution in [0.3, 0.4) is 0 Å². The van der Waals surface area contributed by atoms with Gasteiger partial charge < -0.3 is 15.3 Å². The molecule has 1 fully saturated rings. The summed E-state index contributed by atoms with van der Waals surface area (Å²) < 4.78 is 0. The molecule has 3 rings (SSSR count). The lowest BCUT2D eigenvalue weighted by Crippen LogP contribution is -2.50. The van der Waals surface area contributed by atoms with Crippen molar-refractivity contribution in [2.75, 3.05) is 13.1 Å². The lowest BCUT2D eigenvalue weighted by molar-refractivity contribution is -0.142. The maximum atomic E-state index is 12.7. The Kier molecular flexibility index (Phi) is 6.42. The van der Waals surface area contributed by atoms with E-state index in [-0.39, 0.29) is 18.2 Å². The quantitative estimate of drug-likeness (QED) is 0.805. The first kappa shape index (κ1) is 19.6. The molecule has 6 heteroatoms. The van der Waals surface area contributed by atoms with Gasteiger partial charge in [0.1, 0.15) is 6.04 Å². The van der Waals surface area contributed by atoms with Gasteiger partial charge in [-0.05, 0) is 30.5 Å². The molecule has 1 heterocycles. The van der Waals surface area contributed by atoms with Gasteiger partial charge in [-0.3, -0.25) is 9.59 Å². The molecule has 28 heavy (non-hydrogen) atoms. The van der Waals surface area contributed by atoms with Gasteiger partial charge in [0.2, 0.25) is 5.91 Å². The first-order chi connectivity index (χ1) is 13.5. The largest absolute Gasteiger partial charge is 0.480 e. The number of carboxylic acid groups (broad SMARTS) is 1. The summed E-state index contributed by atoms with van der Waals surface area (Å²) in [6.45, 7) is 0.904. The van der Waals surface area contributed by atoms with Crippen LogP contribution in [0.5, 0.6) is 0 Å². The minimum absolute atomic E-state index is 0.0998. The molecule has 0 bridgehead atoms. The Labute approximate surface area is 164 Å². The molecular formula is C22H24N2O4. The van der Waals surface area contributed by atoms with Crippen LogP contribution >= 0.6 is 0 Å². The van der Waals surface area contributed by atoms with Gasteiger partial charge in [0, 0.05) is 25.1 Å². The molecule has 0 saturated carbocycles. The Morgan fingerprint density at radius 2 is 1.68 bits per heavy atom. The third-order valence-electron chi connectivity index (χ3n) is 5.00. The minimum atomic E-state index is -1.06. The third kappa shape index (κ3) is 4.97. The molecule has 0 aliphatic carbocycles. The van der Waals surface area contributed by atoms with Gasteiger partial charge in [-0.1, -0.05) is 48.5 Å². The highest BCUT2D eigenvalue weighted by atomic mass is 16.4. The molecule has 1 aliphatic rings. The van der Waals surface area contributed by atoms with E-state index in [1.54, 1.807) is 17.0 Å². The third-order valence-corrected chi connectivity index (χ3v) is 5.00. The standard InChI is InChI=1S/C22H24N2O4/c25-20(23-19(22(27)28)14-16-8-3-1-4-9-16)18-12-7-13-24(15-18)21(26)17-10-5-2-6-11-17/h1-6,8-11,18-19H,7,12-15H2,(H,23,25)(H,27,28).